The lowest BCUT2D eigenvalue weighted by Gasteiger charge is -2.29. The third kappa shape index (κ3) is 2.76. The number of nitrogens with zero attached hydrogens (tertiary/aromatic N) is 2. The van der Waals surface area contributed by atoms with Crippen molar-refractivity contribution in [3.05, 3.63) is 35.9 Å². The van der Waals surface area contributed by atoms with Gasteiger partial charge in [0.2, 0.25) is 0 Å². The van der Waals surface area contributed by atoms with Gasteiger partial charge < -0.3 is 4.74 Å². The van der Waals surface area contributed by atoms with Crippen LogP contribution in [0.2, 0.25) is 0 Å². The van der Waals surface area contributed by atoms with Gasteiger partial charge in [-0.05, 0) is 23.6 Å². The molecular formula is C15H16N2O2. The Kier molecular flexibility index (Phi) is 3.86. The van der Waals surface area contributed by atoms with E-state index in [9.17, 15) is 4.79 Å². The quantitative estimate of drug-likeness (QED) is 0.816. The minimum Gasteiger partial charge on any atom is -0.449 e. The second-order valence-electron chi connectivity index (χ2n) is 4.83. The van der Waals surface area contributed by atoms with E-state index < -0.39 is 12.1 Å². The molecule has 0 spiro atoms. The van der Waals surface area contributed by atoms with Gasteiger partial charge in [0, 0.05) is 0 Å². The Labute approximate surface area is 112 Å². The summed E-state index contributed by atoms with van der Waals surface area (Å²) in [7, 11) is 0. The summed E-state index contributed by atoms with van der Waals surface area (Å²) < 4.78 is 5.23. The molecule has 1 unspecified atom stereocenters. The molecule has 0 saturated heterocycles. The maximum Gasteiger partial charge on any atom is 0.415 e. The average Bonchev–Trinajstić information content (AvgIpc) is 2.43. The molecule has 0 aliphatic carbocycles. The number of anilines is 1. The van der Waals surface area contributed by atoms with Gasteiger partial charge in [0.1, 0.15) is 6.04 Å². The molecule has 1 heterocycles. The van der Waals surface area contributed by atoms with Gasteiger partial charge in [-0.15, -0.1) is 0 Å². The first-order chi connectivity index (χ1) is 9.13. The minimum atomic E-state index is -0.616. The molecule has 1 aliphatic heterocycles. The molecule has 0 bridgehead atoms. The zero-order valence-electron chi connectivity index (χ0n) is 11.0. The van der Waals surface area contributed by atoms with Crippen LogP contribution in [0.15, 0.2) is 30.3 Å². The van der Waals surface area contributed by atoms with Gasteiger partial charge in [-0.2, -0.15) is 5.26 Å². The fourth-order valence-corrected chi connectivity index (χ4v) is 1.90. The van der Waals surface area contributed by atoms with E-state index in [0.29, 0.717) is 12.3 Å². The summed E-state index contributed by atoms with van der Waals surface area (Å²) in [6.07, 6.45) is 3.09. The highest BCUT2D eigenvalue weighted by Crippen LogP contribution is 2.29. The molecule has 0 radical (unpaired) electrons. The predicted octanol–water partition coefficient (Wildman–Crippen LogP) is 3.20. The van der Waals surface area contributed by atoms with Gasteiger partial charge in [-0.1, -0.05) is 38.1 Å². The highest BCUT2D eigenvalue weighted by Gasteiger charge is 2.29. The summed E-state index contributed by atoms with van der Waals surface area (Å²) >= 11 is 0. The third-order valence-corrected chi connectivity index (χ3v) is 2.80. The van der Waals surface area contributed by atoms with Gasteiger partial charge in [-0.25, -0.2) is 4.79 Å². The Morgan fingerprint density at radius 1 is 1.47 bits per heavy atom. The Balaban J connectivity index is 2.28. The van der Waals surface area contributed by atoms with Crippen LogP contribution in [0.1, 0.15) is 19.4 Å². The van der Waals surface area contributed by atoms with Crippen LogP contribution in [0.3, 0.4) is 0 Å². The van der Waals surface area contributed by atoms with Crippen LogP contribution in [0.4, 0.5) is 10.5 Å². The molecule has 1 aliphatic rings. The van der Waals surface area contributed by atoms with E-state index in [1.807, 2.05) is 44.2 Å². The molecule has 1 aromatic rings. The van der Waals surface area contributed by atoms with Gasteiger partial charge in [-0.3, -0.25) is 4.90 Å². The topological polar surface area (TPSA) is 53.3 Å². The normalized spacial score (nSPS) is 16.9. The zero-order chi connectivity index (χ0) is 13.8. The van der Waals surface area contributed by atoms with Crippen molar-refractivity contribution in [2.75, 3.05) is 11.5 Å². The Morgan fingerprint density at radius 2 is 2.21 bits per heavy atom. The zero-order valence-corrected chi connectivity index (χ0v) is 11.0. The number of ether oxygens (including phenoxy) is 1. The SMILES string of the molecule is CC(C)COC(=O)N1c2ccccc2C=CC1C#N. The molecule has 1 aromatic carbocycles. The van der Waals surface area contributed by atoms with Crippen LogP contribution in [-0.4, -0.2) is 18.7 Å². The summed E-state index contributed by atoms with van der Waals surface area (Å²) in [5, 5.41) is 9.16. The molecule has 4 nitrogen and oxygen atoms in total. The summed E-state index contributed by atoms with van der Waals surface area (Å²) in [5.41, 5.74) is 1.63. The van der Waals surface area contributed by atoms with Crippen molar-refractivity contribution in [1.29, 1.82) is 5.26 Å². The third-order valence-electron chi connectivity index (χ3n) is 2.80. The lowest BCUT2D eigenvalue weighted by atomic mass is 10.0. The summed E-state index contributed by atoms with van der Waals surface area (Å²) in [4.78, 5) is 13.6. The molecule has 0 N–H and O–H groups in total. The molecule has 1 atom stereocenters. The Hall–Kier alpha value is -2.28. The molecule has 1 amide bonds. The monoisotopic (exact) mass is 256 g/mol. The van der Waals surface area contributed by atoms with Crippen molar-refractivity contribution in [2.45, 2.75) is 19.9 Å². The molecule has 0 saturated carbocycles. The first-order valence-corrected chi connectivity index (χ1v) is 6.26. The van der Waals surface area contributed by atoms with Crippen molar-refractivity contribution in [3.8, 4) is 6.07 Å². The number of fused-ring (bicyclic) bond motifs is 1. The van der Waals surface area contributed by atoms with Crippen LogP contribution in [0.5, 0.6) is 0 Å². The molecule has 2 rings (SSSR count). The van der Waals surface area contributed by atoms with E-state index in [4.69, 9.17) is 10.00 Å². The second-order valence-corrected chi connectivity index (χ2v) is 4.83. The van der Waals surface area contributed by atoms with Gasteiger partial charge in [0.05, 0.1) is 18.4 Å². The number of hydrogen-bond donors (Lipinski definition) is 0. The first-order valence-electron chi connectivity index (χ1n) is 6.26. The summed E-state index contributed by atoms with van der Waals surface area (Å²) in [5.74, 6) is 0.264. The number of carbonyl (C=O) groups is 1. The van der Waals surface area contributed by atoms with Crippen molar-refractivity contribution >= 4 is 17.9 Å². The number of benzene rings is 1. The van der Waals surface area contributed by atoms with Crippen LogP contribution < -0.4 is 4.90 Å². The van der Waals surface area contributed by atoms with Gasteiger partial charge >= 0.3 is 6.09 Å². The highest BCUT2D eigenvalue weighted by molar-refractivity contribution is 5.94. The van der Waals surface area contributed by atoms with E-state index >= 15 is 0 Å². The fraction of sp³-hybridized carbons (Fsp3) is 0.333. The Morgan fingerprint density at radius 3 is 2.89 bits per heavy atom. The Bertz CT molecular complexity index is 543. The summed E-state index contributed by atoms with van der Waals surface area (Å²) in [6.45, 7) is 4.29. The largest absolute Gasteiger partial charge is 0.449 e. The second kappa shape index (κ2) is 5.57. The lowest BCUT2D eigenvalue weighted by Crippen LogP contribution is -2.41. The average molecular weight is 256 g/mol. The molecular weight excluding hydrogens is 240 g/mol. The fourth-order valence-electron chi connectivity index (χ4n) is 1.90. The van der Waals surface area contributed by atoms with E-state index in [1.165, 1.54) is 4.90 Å². The number of para-hydroxylation sites is 1. The molecule has 0 fully saturated rings. The maximum absolute atomic E-state index is 12.2. The van der Waals surface area contributed by atoms with E-state index in [-0.39, 0.29) is 5.92 Å². The van der Waals surface area contributed by atoms with Gasteiger partial charge in [0.25, 0.3) is 0 Å². The first kappa shape index (κ1) is 13.2. The summed E-state index contributed by atoms with van der Waals surface area (Å²) in [6, 6.07) is 8.95. The van der Waals surface area contributed by atoms with E-state index in [0.717, 1.165) is 5.56 Å². The van der Waals surface area contributed by atoms with Crippen LogP contribution in [-0.2, 0) is 4.74 Å². The van der Waals surface area contributed by atoms with Crippen LogP contribution in [0.25, 0.3) is 6.08 Å². The van der Waals surface area contributed by atoms with Gasteiger partial charge in [0.15, 0.2) is 0 Å². The van der Waals surface area contributed by atoms with Crippen LogP contribution in [0, 0.1) is 17.2 Å². The number of amides is 1. The highest BCUT2D eigenvalue weighted by atomic mass is 16.6. The molecule has 0 aromatic heterocycles. The molecule has 4 heteroatoms. The van der Waals surface area contributed by atoms with E-state index in [1.54, 1.807) is 6.08 Å². The lowest BCUT2D eigenvalue weighted by molar-refractivity contribution is 0.139. The maximum atomic E-state index is 12.2. The molecule has 98 valence electrons. The van der Waals surface area contributed by atoms with Crippen molar-refractivity contribution in [1.82, 2.24) is 0 Å². The number of nitriles is 1. The van der Waals surface area contributed by atoms with Crippen molar-refractivity contribution in [2.24, 2.45) is 5.92 Å². The smallest absolute Gasteiger partial charge is 0.415 e. The van der Waals surface area contributed by atoms with Crippen molar-refractivity contribution in [3.63, 3.8) is 0 Å². The molecule has 19 heavy (non-hydrogen) atoms. The van der Waals surface area contributed by atoms with Crippen LogP contribution >= 0.6 is 0 Å². The van der Waals surface area contributed by atoms with Crippen molar-refractivity contribution < 1.29 is 9.53 Å². The number of hydrogen-bond acceptors (Lipinski definition) is 3. The number of rotatable bonds is 2. The number of carbonyl (C=O) groups excluding carboxylic acids is 1. The predicted molar refractivity (Wildman–Crippen MR) is 73.5 cm³/mol. The van der Waals surface area contributed by atoms with E-state index in [2.05, 4.69) is 6.07 Å². The minimum absolute atomic E-state index is 0.264. The standard InChI is InChI=1S/C15H16N2O2/c1-11(2)10-19-15(18)17-13(9-16)8-7-12-5-3-4-6-14(12)17/h3-8,11,13H,10H2,1-2H3.